The van der Waals surface area contributed by atoms with E-state index in [0.29, 0.717) is 0 Å². The Morgan fingerprint density at radius 3 is 0.923 bits per heavy atom. The standard InChI is InChI=1S/2C8H17.C4H8.4ClH.2Sn/c2*1-3-5-7-8-6-4-2;1-3-4-2;;;;;;/h2*1,3-8H2,2H3;1-4H2;4*1H;;/q;;;;;;;2*+2/p-4. The SMILES string of the molecule is CCCCCCC[CH2][Sn]([Cl])([Cl])[CH2]CC[CH2][Sn]([Cl])([Cl])[CH2]CCCCCCC. The molecule has 0 rings (SSSR count). The summed E-state index contributed by atoms with van der Waals surface area (Å²) in [5.74, 6) is 0. The maximum absolute atomic E-state index is 6.70. The van der Waals surface area contributed by atoms with Gasteiger partial charge in [-0.15, -0.1) is 0 Å². The molecule has 0 radical (unpaired) electrons. The van der Waals surface area contributed by atoms with E-state index in [1.807, 2.05) is 0 Å². The summed E-state index contributed by atoms with van der Waals surface area (Å²) in [5.41, 5.74) is 0. The minimum atomic E-state index is -2.79. The van der Waals surface area contributed by atoms with Gasteiger partial charge in [0.25, 0.3) is 0 Å². The Labute approximate surface area is 187 Å². The first-order valence-electron chi connectivity index (χ1n) is 11.1. The molecule has 0 N–H and O–H groups in total. The Morgan fingerprint density at radius 2 is 0.615 bits per heavy atom. The van der Waals surface area contributed by atoms with Crippen molar-refractivity contribution in [3.05, 3.63) is 0 Å². The van der Waals surface area contributed by atoms with Gasteiger partial charge in [-0.05, 0) is 0 Å². The van der Waals surface area contributed by atoms with Crippen LogP contribution < -0.4 is 0 Å². The molecule has 0 saturated heterocycles. The first kappa shape index (κ1) is 28.8. The van der Waals surface area contributed by atoms with Crippen LogP contribution in [0, 0.1) is 0 Å². The second-order valence-corrected chi connectivity index (χ2v) is 45.4. The van der Waals surface area contributed by atoms with E-state index in [1.54, 1.807) is 0 Å². The molecule has 26 heavy (non-hydrogen) atoms. The van der Waals surface area contributed by atoms with Crippen molar-refractivity contribution in [2.45, 2.75) is 121 Å². The fraction of sp³-hybridized carbons (Fsp3) is 1.00. The molecule has 0 aromatic carbocycles. The van der Waals surface area contributed by atoms with Gasteiger partial charge in [-0.2, -0.15) is 0 Å². The van der Waals surface area contributed by atoms with Crippen LogP contribution in [-0.2, 0) is 0 Å². The van der Waals surface area contributed by atoms with E-state index in [1.165, 1.54) is 77.0 Å². The van der Waals surface area contributed by atoms with Crippen molar-refractivity contribution >= 4 is 67.9 Å². The van der Waals surface area contributed by atoms with Crippen molar-refractivity contribution in [1.29, 1.82) is 0 Å². The summed E-state index contributed by atoms with van der Waals surface area (Å²) in [6.45, 7) is 4.51. The summed E-state index contributed by atoms with van der Waals surface area (Å²) >= 11 is -5.57. The molecule has 0 amide bonds. The van der Waals surface area contributed by atoms with Gasteiger partial charge in [0, 0.05) is 0 Å². The number of hydrogen-bond donors (Lipinski definition) is 0. The number of halogens is 4. The maximum atomic E-state index is 6.70. The summed E-state index contributed by atoms with van der Waals surface area (Å²) in [6.07, 6.45) is 18.1. The topological polar surface area (TPSA) is 0 Å². The van der Waals surface area contributed by atoms with Gasteiger partial charge in [0.05, 0.1) is 0 Å². The monoisotopic (exact) mass is 662 g/mol. The Hall–Kier alpha value is 2.76. The van der Waals surface area contributed by atoms with Crippen LogP contribution in [0.15, 0.2) is 0 Å². The van der Waals surface area contributed by atoms with Crippen molar-refractivity contribution in [2.75, 3.05) is 0 Å². The molecule has 0 saturated carbocycles. The number of unbranched alkanes of at least 4 members (excludes halogenated alkanes) is 11. The van der Waals surface area contributed by atoms with Crippen LogP contribution in [0.2, 0.25) is 17.7 Å². The minimum absolute atomic E-state index is 1.08. The van der Waals surface area contributed by atoms with Gasteiger partial charge in [-0.1, -0.05) is 0 Å². The van der Waals surface area contributed by atoms with Crippen LogP contribution in [-0.4, -0.2) is 32.2 Å². The van der Waals surface area contributed by atoms with Gasteiger partial charge >= 0.3 is 189 Å². The third-order valence-corrected chi connectivity index (χ3v) is 27.7. The predicted octanol–water partition coefficient (Wildman–Crippen LogP) is 10.3. The Bertz CT molecular complexity index is 282. The molecule has 0 atom stereocenters. The molecule has 0 nitrogen and oxygen atoms in total. The summed E-state index contributed by atoms with van der Waals surface area (Å²) in [4.78, 5) is 0. The van der Waals surface area contributed by atoms with Crippen LogP contribution in [0.4, 0.5) is 0 Å². The summed E-state index contributed by atoms with van der Waals surface area (Å²) in [7, 11) is 26.8. The molecule has 0 fully saturated rings. The van der Waals surface area contributed by atoms with Crippen LogP contribution in [0.3, 0.4) is 0 Å². The normalized spacial score (nSPS) is 12.7. The zero-order chi connectivity index (χ0) is 19.7. The molecule has 0 heterocycles. The second kappa shape index (κ2) is 18.5. The summed E-state index contributed by atoms with van der Waals surface area (Å²) < 4.78 is 4.41. The van der Waals surface area contributed by atoms with Crippen LogP contribution >= 0.6 is 35.7 Å². The molecule has 0 aliphatic rings. The van der Waals surface area contributed by atoms with Crippen molar-refractivity contribution in [2.24, 2.45) is 0 Å². The molecule has 0 unspecified atom stereocenters. The Kier molecular flexibility index (Phi) is 20.5. The number of rotatable bonds is 19. The van der Waals surface area contributed by atoms with E-state index in [0.717, 1.165) is 30.6 Å². The molecule has 6 heteroatoms. The van der Waals surface area contributed by atoms with Crippen molar-refractivity contribution in [3.63, 3.8) is 0 Å². The average Bonchev–Trinajstić information content (AvgIpc) is 2.58. The molecular formula is C20H42Cl4Sn2. The molecule has 0 bridgehead atoms. The van der Waals surface area contributed by atoms with Crippen LogP contribution in [0.25, 0.3) is 0 Å². The van der Waals surface area contributed by atoms with Gasteiger partial charge < -0.3 is 0 Å². The fourth-order valence-corrected chi connectivity index (χ4v) is 20.7. The van der Waals surface area contributed by atoms with Crippen LogP contribution in [0.5, 0.6) is 0 Å². The van der Waals surface area contributed by atoms with Gasteiger partial charge in [0.1, 0.15) is 0 Å². The Morgan fingerprint density at radius 1 is 0.385 bits per heavy atom. The van der Waals surface area contributed by atoms with Crippen molar-refractivity contribution in [3.8, 4) is 0 Å². The van der Waals surface area contributed by atoms with E-state index in [-0.39, 0.29) is 0 Å². The molecular weight excluding hydrogens is 619 g/mol. The van der Waals surface area contributed by atoms with Gasteiger partial charge in [0.2, 0.25) is 0 Å². The molecule has 0 aliphatic heterocycles. The summed E-state index contributed by atoms with van der Waals surface area (Å²) in [6, 6.07) is 0. The quantitative estimate of drug-likeness (QED) is 0.0955. The molecule has 0 aromatic rings. The average molecular weight is 662 g/mol. The zero-order valence-electron chi connectivity index (χ0n) is 17.2. The third kappa shape index (κ3) is 20.0. The van der Waals surface area contributed by atoms with E-state index >= 15 is 0 Å². The Balaban J connectivity index is 3.66. The van der Waals surface area contributed by atoms with Crippen LogP contribution in [0.1, 0.15) is 104 Å². The van der Waals surface area contributed by atoms with E-state index in [2.05, 4.69) is 13.8 Å². The first-order valence-corrected chi connectivity index (χ1v) is 33.6. The van der Waals surface area contributed by atoms with Gasteiger partial charge in [-0.3, -0.25) is 0 Å². The zero-order valence-corrected chi connectivity index (χ0v) is 26.0. The van der Waals surface area contributed by atoms with Gasteiger partial charge in [0.15, 0.2) is 0 Å². The van der Waals surface area contributed by atoms with Crippen molar-refractivity contribution < 1.29 is 0 Å². The van der Waals surface area contributed by atoms with E-state index in [4.69, 9.17) is 35.7 Å². The predicted molar refractivity (Wildman–Crippen MR) is 130 cm³/mol. The molecule has 0 aliphatic carbocycles. The van der Waals surface area contributed by atoms with Crippen molar-refractivity contribution in [1.82, 2.24) is 0 Å². The van der Waals surface area contributed by atoms with E-state index < -0.39 is 32.2 Å². The summed E-state index contributed by atoms with van der Waals surface area (Å²) in [5, 5.41) is 0. The molecule has 0 aromatic heterocycles. The first-order chi connectivity index (χ1) is 12.3. The third-order valence-electron chi connectivity index (χ3n) is 5.13. The van der Waals surface area contributed by atoms with E-state index in [9.17, 15) is 0 Å². The number of hydrogen-bond acceptors (Lipinski definition) is 0. The fourth-order valence-electron chi connectivity index (χ4n) is 3.35. The molecule has 158 valence electrons. The second-order valence-electron chi connectivity index (χ2n) is 7.95. The van der Waals surface area contributed by atoms with Gasteiger partial charge in [-0.25, -0.2) is 0 Å². The molecule has 0 spiro atoms.